The Kier molecular flexibility index (Phi) is 4.75. The first kappa shape index (κ1) is 13.1. The van der Waals surface area contributed by atoms with Gasteiger partial charge in [0.2, 0.25) is 5.91 Å². The van der Waals surface area contributed by atoms with Gasteiger partial charge in [-0.15, -0.1) is 0 Å². The molecule has 1 aliphatic rings. The van der Waals surface area contributed by atoms with Crippen LogP contribution in [0.5, 0.6) is 0 Å². The molecular formula is C13H22N4O. The lowest BCUT2D eigenvalue weighted by Gasteiger charge is -2.16. The molecule has 0 aliphatic heterocycles. The molecule has 5 nitrogen and oxygen atoms in total. The van der Waals surface area contributed by atoms with Crippen molar-refractivity contribution in [1.82, 2.24) is 20.2 Å². The van der Waals surface area contributed by atoms with Crippen molar-refractivity contribution in [2.75, 3.05) is 6.54 Å². The number of aromatic nitrogens is 2. The summed E-state index contributed by atoms with van der Waals surface area (Å²) in [6.07, 6.45) is 10.2. The summed E-state index contributed by atoms with van der Waals surface area (Å²) >= 11 is 0. The van der Waals surface area contributed by atoms with Crippen LogP contribution >= 0.6 is 0 Å². The summed E-state index contributed by atoms with van der Waals surface area (Å²) in [6, 6.07) is 0.664. The van der Waals surface area contributed by atoms with Gasteiger partial charge in [0, 0.05) is 31.0 Å². The monoisotopic (exact) mass is 250 g/mol. The maximum Gasteiger partial charge on any atom is 0.234 e. The van der Waals surface area contributed by atoms with E-state index in [0.717, 1.165) is 19.4 Å². The lowest BCUT2D eigenvalue weighted by Crippen LogP contribution is -2.42. The highest BCUT2D eigenvalue weighted by atomic mass is 16.2. The van der Waals surface area contributed by atoms with Gasteiger partial charge in [0.1, 0.15) is 0 Å². The first-order chi connectivity index (χ1) is 8.74. The number of carbonyl (C=O) groups is 1. The number of rotatable bonds is 6. The van der Waals surface area contributed by atoms with E-state index in [4.69, 9.17) is 0 Å². The standard InChI is InChI=1S/C13H22N4O/c1-11(9-17-7-6-14-10-17)15-8-13(18)16-12-4-2-3-5-12/h6-7,10-12,15H,2-5,8-9H2,1H3,(H,16,18). The number of nitrogens with one attached hydrogen (secondary N) is 2. The molecule has 1 aromatic rings. The summed E-state index contributed by atoms with van der Waals surface area (Å²) in [5, 5.41) is 6.31. The number of hydrogen-bond donors (Lipinski definition) is 2. The van der Waals surface area contributed by atoms with Crippen LogP contribution < -0.4 is 10.6 Å². The zero-order valence-corrected chi connectivity index (χ0v) is 10.9. The third-order valence-corrected chi connectivity index (χ3v) is 3.38. The molecule has 0 radical (unpaired) electrons. The normalized spacial score (nSPS) is 17.8. The molecule has 0 aromatic carbocycles. The topological polar surface area (TPSA) is 59.0 Å². The molecule has 2 rings (SSSR count). The second-order valence-corrected chi connectivity index (χ2v) is 5.09. The zero-order valence-electron chi connectivity index (χ0n) is 10.9. The van der Waals surface area contributed by atoms with Crippen molar-refractivity contribution in [1.29, 1.82) is 0 Å². The van der Waals surface area contributed by atoms with Crippen molar-refractivity contribution in [3.63, 3.8) is 0 Å². The number of imidazole rings is 1. The van der Waals surface area contributed by atoms with Gasteiger partial charge in [0.25, 0.3) is 0 Å². The Morgan fingerprint density at radius 1 is 1.50 bits per heavy atom. The van der Waals surface area contributed by atoms with E-state index in [2.05, 4.69) is 22.5 Å². The molecule has 1 fully saturated rings. The van der Waals surface area contributed by atoms with Gasteiger partial charge < -0.3 is 15.2 Å². The molecule has 1 aromatic heterocycles. The van der Waals surface area contributed by atoms with Crippen LogP contribution in [0, 0.1) is 0 Å². The highest BCUT2D eigenvalue weighted by Crippen LogP contribution is 2.17. The Balaban J connectivity index is 1.62. The molecule has 1 heterocycles. The summed E-state index contributed by atoms with van der Waals surface area (Å²) in [5.41, 5.74) is 0. The van der Waals surface area contributed by atoms with Gasteiger partial charge in [-0.2, -0.15) is 0 Å². The van der Waals surface area contributed by atoms with E-state index in [1.165, 1.54) is 12.8 Å². The summed E-state index contributed by atoms with van der Waals surface area (Å²) in [7, 11) is 0. The molecule has 0 saturated heterocycles. The van der Waals surface area contributed by atoms with Gasteiger partial charge in [-0.25, -0.2) is 4.98 Å². The lowest BCUT2D eigenvalue weighted by molar-refractivity contribution is -0.121. The van der Waals surface area contributed by atoms with E-state index < -0.39 is 0 Å². The SMILES string of the molecule is CC(Cn1ccnc1)NCC(=O)NC1CCCC1. The lowest BCUT2D eigenvalue weighted by atomic mass is 10.2. The Hall–Kier alpha value is -1.36. The average molecular weight is 250 g/mol. The van der Waals surface area contributed by atoms with Crippen LogP contribution in [0.15, 0.2) is 18.7 Å². The van der Waals surface area contributed by atoms with Crippen molar-refractivity contribution in [3.05, 3.63) is 18.7 Å². The van der Waals surface area contributed by atoms with Crippen LogP contribution in [0.3, 0.4) is 0 Å². The predicted molar refractivity (Wildman–Crippen MR) is 70.1 cm³/mol. The Morgan fingerprint density at radius 2 is 2.28 bits per heavy atom. The van der Waals surface area contributed by atoms with E-state index in [1.807, 2.05) is 10.8 Å². The Labute approximate surface area is 108 Å². The Morgan fingerprint density at radius 3 is 2.94 bits per heavy atom. The Bertz CT molecular complexity index is 357. The maximum atomic E-state index is 11.7. The quantitative estimate of drug-likeness (QED) is 0.789. The highest BCUT2D eigenvalue weighted by molar-refractivity contribution is 5.78. The minimum absolute atomic E-state index is 0.111. The molecule has 0 bridgehead atoms. The number of nitrogens with zero attached hydrogens (tertiary/aromatic N) is 2. The van der Waals surface area contributed by atoms with Gasteiger partial charge in [0.15, 0.2) is 0 Å². The van der Waals surface area contributed by atoms with Crippen LogP contribution in [0.25, 0.3) is 0 Å². The van der Waals surface area contributed by atoms with Crippen molar-refractivity contribution < 1.29 is 4.79 Å². The number of carbonyl (C=O) groups excluding carboxylic acids is 1. The molecule has 1 atom stereocenters. The first-order valence-electron chi connectivity index (χ1n) is 6.72. The molecule has 1 aliphatic carbocycles. The fourth-order valence-electron chi connectivity index (χ4n) is 2.39. The van der Waals surface area contributed by atoms with Crippen LogP contribution in [0.4, 0.5) is 0 Å². The molecule has 2 N–H and O–H groups in total. The van der Waals surface area contributed by atoms with Crippen LogP contribution in [-0.4, -0.2) is 34.1 Å². The van der Waals surface area contributed by atoms with Crippen LogP contribution in [0.1, 0.15) is 32.6 Å². The van der Waals surface area contributed by atoms with Crippen molar-refractivity contribution >= 4 is 5.91 Å². The second kappa shape index (κ2) is 6.54. The van der Waals surface area contributed by atoms with E-state index in [0.29, 0.717) is 12.6 Å². The van der Waals surface area contributed by atoms with Gasteiger partial charge in [0.05, 0.1) is 12.9 Å². The molecule has 1 unspecified atom stereocenters. The third kappa shape index (κ3) is 4.14. The molecule has 0 spiro atoms. The zero-order chi connectivity index (χ0) is 12.8. The summed E-state index contributed by atoms with van der Waals surface area (Å²) in [4.78, 5) is 15.7. The van der Waals surface area contributed by atoms with Gasteiger partial charge in [-0.1, -0.05) is 12.8 Å². The molecular weight excluding hydrogens is 228 g/mol. The van der Waals surface area contributed by atoms with Gasteiger partial charge in [-0.05, 0) is 19.8 Å². The fraction of sp³-hybridized carbons (Fsp3) is 0.692. The third-order valence-electron chi connectivity index (χ3n) is 3.38. The molecule has 100 valence electrons. The number of hydrogen-bond acceptors (Lipinski definition) is 3. The van der Waals surface area contributed by atoms with E-state index in [-0.39, 0.29) is 11.9 Å². The molecule has 5 heteroatoms. The number of amides is 1. The van der Waals surface area contributed by atoms with E-state index >= 15 is 0 Å². The smallest absolute Gasteiger partial charge is 0.234 e. The summed E-state index contributed by atoms with van der Waals surface area (Å²) < 4.78 is 2.01. The summed E-state index contributed by atoms with van der Waals surface area (Å²) in [6.45, 7) is 3.30. The largest absolute Gasteiger partial charge is 0.352 e. The summed E-state index contributed by atoms with van der Waals surface area (Å²) in [5.74, 6) is 0.111. The van der Waals surface area contributed by atoms with Gasteiger partial charge >= 0.3 is 0 Å². The highest BCUT2D eigenvalue weighted by Gasteiger charge is 2.17. The van der Waals surface area contributed by atoms with E-state index in [1.54, 1.807) is 12.5 Å². The average Bonchev–Trinajstić information content (AvgIpc) is 2.99. The van der Waals surface area contributed by atoms with Crippen molar-refractivity contribution in [2.24, 2.45) is 0 Å². The van der Waals surface area contributed by atoms with E-state index in [9.17, 15) is 4.79 Å². The second-order valence-electron chi connectivity index (χ2n) is 5.09. The predicted octanol–water partition coefficient (Wildman–Crippen LogP) is 0.920. The molecule has 18 heavy (non-hydrogen) atoms. The minimum Gasteiger partial charge on any atom is -0.352 e. The minimum atomic E-state index is 0.111. The van der Waals surface area contributed by atoms with Crippen molar-refractivity contribution in [2.45, 2.75) is 51.2 Å². The van der Waals surface area contributed by atoms with Gasteiger partial charge in [-0.3, -0.25) is 4.79 Å². The van der Waals surface area contributed by atoms with Crippen LogP contribution in [-0.2, 0) is 11.3 Å². The van der Waals surface area contributed by atoms with Crippen molar-refractivity contribution in [3.8, 4) is 0 Å². The fourth-order valence-corrected chi connectivity index (χ4v) is 2.39. The molecule has 1 saturated carbocycles. The molecule has 1 amide bonds. The van der Waals surface area contributed by atoms with Crippen LogP contribution in [0.2, 0.25) is 0 Å². The maximum absolute atomic E-state index is 11.7. The first-order valence-corrected chi connectivity index (χ1v) is 6.72.